The zero-order valence-electron chi connectivity index (χ0n) is 15.6. The van der Waals surface area contributed by atoms with Gasteiger partial charge in [0.25, 0.3) is 0 Å². The number of amides is 1. The van der Waals surface area contributed by atoms with Crippen LogP contribution in [0.4, 0.5) is 5.82 Å². The average Bonchev–Trinajstić information content (AvgIpc) is 3.18. The second kappa shape index (κ2) is 7.29. The molecule has 2 aliphatic rings. The van der Waals surface area contributed by atoms with Crippen molar-refractivity contribution >= 4 is 22.6 Å². The van der Waals surface area contributed by atoms with Crippen LogP contribution < -0.4 is 16.0 Å². The Balaban J connectivity index is 1.43. The molecule has 1 saturated heterocycles. The molecule has 0 saturated carbocycles. The summed E-state index contributed by atoms with van der Waals surface area (Å²) < 4.78 is 2.21. The maximum atomic E-state index is 12.5. The van der Waals surface area contributed by atoms with E-state index in [9.17, 15) is 4.79 Å². The van der Waals surface area contributed by atoms with Gasteiger partial charge in [-0.3, -0.25) is 4.79 Å². The van der Waals surface area contributed by atoms with Crippen LogP contribution in [0.25, 0.3) is 22.3 Å². The van der Waals surface area contributed by atoms with Gasteiger partial charge in [0.2, 0.25) is 5.91 Å². The highest BCUT2D eigenvalue weighted by molar-refractivity contribution is 5.93. The number of nitrogens with zero attached hydrogens (tertiary/aromatic N) is 4. The van der Waals surface area contributed by atoms with Crippen molar-refractivity contribution in [3.8, 4) is 11.4 Å². The zero-order valence-corrected chi connectivity index (χ0v) is 15.6. The summed E-state index contributed by atoms with van der Waals surface area (Å²) >= 11 is 0. The average molecular weight is 377 g/mol. The summed E-state index contributed by atoms with van der Waals surface area (Å²) in [5.74, 6) is 1.60. The van der Waals surface area contributed by atoms with Crippen molar-refractivity contribution in [2.45, 2.75) is 25.9 Å². The molecular formula is C20H23N7O. The Kier molecular flexibility index (Phi) is 4.50. The largest absolute Gasteiger partial charge is 0.324 e. The van der Waals surface area contributed by atoms with Crippen LogP contribution in [0.3, 0.4) is 0 Å². The van der Waals surface area contributed by atoms with Crippen molar-refractivity contribution in [3.05, 3.63) is 36.4 Å². The number of piperidine rings is 1. The molecule has 8 heteroatoms. The number of aromatic nitrogens is 4. The van der Waals surface area contributed by atoms with Crippen molar-refractivity contribution in [1.29, 1.82) is 0 Å². The standard InChI is InChI=1S/C20H23N7O/c28-20(14-2-1-5-21-9-14)26-18-8-16-13(10-23-18)3-4-15(25-16)17-11-24-19-12-22-6-7-27(17)19/h3-4,8,10-11,14,21-22H,1-2,5-7,9,12H2,(H,23,26,28). The van der Waals surface area contributed by atoms with Crippen molar-refractivity contribution in [1.82, 2.24) is 30.2 Å². The van der Waals surface area contributed by atoms with Gasteiger partial charge in [0, 0.05) is 37.3 Å². The first-order chi connectivity index (χ1) is 13.8. The van der Waals surface area contributed by atoms with Gasteiger partial charge in [-0.15, -0.1) is 0 Å². The minimum Gasteiger partial charge on any atom is -0.324 e. The molecule has 1 fully saturated rings. The summed E-state index contributed by atoms with van der Waals surface area (Å²) in [7, 11) is 0. The van der Waals surface area contributed by atoms with Crippen molar-refractivity contribution in [2.75, 3.05) is 25.0 Å². The van der Waals surface area contributed by atoms with E-state index < -0.39 is 0 Å². The minimum absolute atomic E-state index is 0.00235. The Bertz CT molecular complexity index is 1020. The van der Waals surface area contributed by atoms with Gasteiger partial charge >= 0.3 is 0 Å². The molecule has 3 N–H and O–H groups in total. The Labute approximate surface area is 162 Å². The molecule has 5 rings (SSSR count). The van der Waals surface area contributed by atoms with Crippen LogP contribution in [0, 0.1) is 5.92 Å². The number of anilines is 1. The van der Waals surface area contributed by atoms with Gasteiger partial charge in [-0.25, -0.2) is 15.0 Å². The fourth-order valence-electron chi connectivity index (χ4n) is 3.93. The molecule has 3 aromatic heterocycles. The van der Waals surface area contributed by atoms with Gasteiger partial charge in [-0.1, -0.05) is 0 Å². The first-order valence-corrected chi connectivity index (χ1v) is 9.82. The number of pyridine rings is 2. The predicted octanol–water partition coefficient (Wildman–Crippen LogP) is 1.53. The van der Waals surface area contributed by atoms with Gasteiger partial charge in [0.15, 0.2) is 0 Å². The molecule has 0 aliphatic carbocycles. The monoisotopic (exact) mass is 377 g/mol. The number of carbonyl (C=O) groups is 1. The molecule has 1 unspecified atom stereocenters. The van der Waals surface area contributed by atoms with Crippen molar-refractivity contribution in [2.24, 2.45) is 5.92 Å². The van der Waals surface area contributed by atoms with Crippen LogP contribution in [0.2, 0.25) is 0 Å². The molecule has 8 nitrogen and oxygen atoms in total. The molecule has 144 valence electrons. The molecule has 0 spiro atoms. The Hall–Kier alpha value is -2.84. The first-order valence-electron chi connectivity index (χ1n) is 9.82. The normalized spacial score (nSPS) is 19.4. The quantitative estimate of drug-likeness (QED) is 0.641. The van der Waals surface area contributed by atoms with Crippen LogP contribution in [-0.2, 0) is 17.9 Å². The highest BCUT2D eigenvalue weighted by Crippen LogP contribution is 2.24. The minimum atomic E-state index is -0.00235. The lowest BCUT2D eigenvalue weighted by atomic mass is 9.99. The summed E-state index contributed by atoms with van der Waals surface area (Å²) in [5.41, 5.74) is 2.72. The smallest absolute Gasteiger partial charge is 0.229 e. The van der Waals surface area contributed by atoms with E-state index in [4.69, 9.17) is 4.98 Å². The second-order valence-electron chi connectivity index (χ2n) is 7.38. The lowest BCUT2D eigenvalue weighted by molar-refractivity contribution is -0.120. The third-order valence-electron chi connectivity index (χ3n) is 5.49. The predicted molar refractivity (Wildman–Crippen MR) is 107 cm³/mol. The van der Waals surface area contributed by atoms with E-state index in [2.05, 4.69) is 30.5 Å². The molecule has 5 heterocycles. The van der Waals surface area contributed by atoms with Gasteiger partial charge in [0.1, 0.15) is 11.6 Å². The highest BCUT2D eigenvalue weighted by atomic mass is 16.2. The van der Waals surface area contributed by atoms with Gasteiger partial charge in [-0.05, 0) is 31.5 Å². The number of imidazole rings is 1. The van der Waals surface area contributed by atoms with Gasteiger partial charge in [0.05, 0.1) is 35.6 Å². The van der Waals surface area contributed by atoms with Crippen LogP contribution in [0.15, 0.2) is 30.6 Å². The summed E-state index contributed by atoms with van der Waals surface area (Å²) in [5, 5.41) is 10.5. The zero-order chi connectivity index (χ0) is 18.9. The summed E-state index contributed by atoms with van der Waals surface area (Å²) in [6.45, 7) is 4.31. The maximum Gasteiger partial charge on any atom is 0.229 e. The van der Waals surface area contributed by atoms with Gasteiger partial charge in [-0.2, -0.15) is 0 Å². The first kappa shape index (κ1) is 17.3. The van der Waals surface area contributed by atoms with E-state index in [1.54, 1.807) is 6.20 Å². The summed E-state index contributed by atoms with van der Waals surface area (Å²) in [4.78, 5) is 26.2. The molecule has 0 aromatic carbocycles. The fraction of sp³-hybridized carbons (Fsp3) is 0.400. The number of rotatable bonds is 3. The number of hydrogen-bond acceptors (Lipinski definition) is 6. The van der Waals surface area contributed by atoms with Crippen LogP contribution in [0.1, 0.15) is 18.7 Å². The van der Waals surface area contributed by atoms with E-state index in [0.717, 1.165) is 73.7 Å². The van der Waals surface area contributed by atoms with Crippen LogP contribution >= 0.6 is 0 Å². The molecule has 2 aliphatic heterocycles. The fourth-order valence-corrected chi connectivity index (χ4v) is 3.93. The highest BCUT2D eigenvalue weighted by Gasteiger charge is 2.21. The van der Waals surface area contributed by atoms with E-state index >= 15 is 0 Å². The summed E-state index contributed by atoms with van der Waals surface area (Å²) in [6.07, 6.45) is 5.59. The molecule has 3 aromatic rings. The Morgan fingerprint density at radius 2 is 2.14 bits per heavy atom. The molecule has 0 radical (unpaired) electrons. The Morgan fingerprint density at radius 3 is 3.04 bits per heavy atom. The third kappa shape index (κ3) is 3.25. The molecular weight excluding hydrogens is 354 g/mol. The number of nitrogens with one attached hydrogen (secondary N) is 3. The number of fused-ring (bicyclic) bond motifs is 2. The van der Waals surface area contributed by atoms with Crippen molar-refractivity contribution < 1.29 is 4.79 Å². The second-order valence-corrected chi connectivity index (χ2v) is 7.38. The number of carbonyl (C=O) groups excluding carboxylic acids is 1. The van der Waals surface area contributed by atoms with Crippen LogP contribution in [0.5, 0.6) is 0 Å². The lowest BCUT2D eigenvalue weighted by Crippen LogP contribution is -2.37. The summed E-state index contributed by atoms with van der Waals surface area (Å²) in [6, 6.07) is 5.87. The lowest BCUT2D eigenvalue weighted by Gasteiger charge is -2.21. The third-order valence-corrected chi connectivity index (χ3v) is 5.49. The Morgan fingerprint density at radius 1 is 1.18 bits per heavy atom. The van der Waals surface area contributed by atoms with Crippen molar-refractivity contribution in [3.63, 3.8) is 0 Å². The van der Waals surface area contributed by atoms with E-state index in [1.807, 2.05) is 24.4 Å². The van der Waals surface area contributed by atoms with E-state index in [-0.39, 0.29) is 11.8 Å². The topological polar surface area (TPSA) is 96.8 Å². The van der Waals surface area contributed by atoms with Gasteiger partial charge < -0.3 is 20.5 Å². The van der Waals surface area contributed by atoms with Crippen LogP contribution in [-0.4, -0.2) is 45.1 Å². The molecule has 0 bridgehead atoms. The number of hydrogen-bond donors (Lipinski definition) is 3. The van der Waals surface area contributed by atoms with E-state index in [0.29, 0.717) is 5.82 Å². The molecule has 28 heavy (non-hydrogen) atoms. The molecule has 1 atom stereocenters. The molecule has 1 amide bonds. The maximum absolute atomic E-state index is 12.5. The van der Waals surface area contributed by atoms with E-state index in [1.165, 1.54) is 0 Å². The SMILES string of the molecule is O=C(Nc1cc2nc(-c3cnc4n3CCNC4)ccc2cn1)C1CCCNC1.